The largest absolute Gasteiger partial charge is 0.162 e. The second-order valence-electron chi connectivity index (χ2n) is 1.40. The van der Waals surface area contributed by atoms with E-state index in [0.717, 1.165) is 6.42 Å². The predicted molar refractivity (Wildman–Crippen MR) is 37.6 cm³/mol. The molecule has 0 saturated carbocycles. The van der Waals surface area contributed by atoms with Crippen LogP contribution in [0.3, 0.4) is 0 Å². The third kappa shape index (κ3) is 6.35. The summed E-state index contributed by atoms with van der Waals surface area (Å²) in [5.74, 6) is 2.54. The molecule has 43 valence electrons. The molecule has 0 saturated heterocycles. The van der Waals surface area contributed by atoms with Gasteiger partial charge in [0.25, 0.3) is 0 Å². The first-order valence-corrected chi connectivity index (χ1v) is 3.94. The van der Waals surface area contributed by atoms with Gasteiger partial charge in [0.2, 0.25) is 0 Å². The first-order valence-electron chi connectivity index (χ1n) is 2.78. The first-order chi connectivity index (χ1) is 3.41. The van der Waals surface area contributed by atoms with E-state index in [9.17, 15) is 0 Å². The highest BCUT2D eigenvalue weighted by Gasteiger charge is 1.80. The van der Waals surface area contributed by atoms with E-state index >= 15 is 0 Å². The number of thioether (sulfide) groups is 1. The van der Waals surface area contributed by atoms with Gasteiger partial charge in [-0.1, -0.05) is 20.3 Å². The SMILES string of the molecule is [CH2]CCCSCC. The minimum atomic E-state index is 1.09. The summed E-state index contributed by atoms with van der Waals surface area (Å²) in [4.78, 5) is 0. The maximum absolute atomic E-state index is 3.74. The van der Waals surface area contributed by atoms with Crippen LogP contribution in [-0.2, 0) is 0 Å². The summed E-state index contributed by atoms with van der Waals surface area (Å²) >= 11 is 1.99. The third-order valence-corrected chi connectivity index (χ3v) is 1.73. The minimum Gasteiger partial charge on any atom is -0.162 e. The Balaban J connectivity index is 2.45. The molecule has 0 nitrogen and oxygen atoms in total. The summed E-state index contributed by atoms with van der Waals surface area (Å²) in [5.41, 5.74) is 0. The zero-order chi connectivity index (χ0) is 5.54. The van der Waals surface area contributed by atoms with Crippen LogP contribution in [0.4, 0.5) is 0 Å². The molecule has 0 N–H and O–H groups in total. The average molecular weight is 117 g/mol. The third-order valence-electron chi connectivity index (χ3n) is 0.743. The highest BCUT2D eigenvalue weighted by Crippen LogP contribution is 2.01. The van der Waals surface area contributed by atoms with Gasteiger partial charge in [0.05, 0.1) is 0 Å². The highest BCUT2D eigenvalue weighted by molar-refractivity contribution is 7.99. The van der Waals surface area contributed by atoms with Gasteiger partial charge in [-0.15, -0.1) is 0 Å². The van der Waals surface area contributed by atoms with Crippen molar-refractivity contribution in [2.24, 2.45) is 0 Å². The number of hydrogen-bond acceptors (Lipinski definition) is 1. The molecular weight excluding hydrogens is 104 g/mol. The van der Waals surface area contributed by atoms with Crippen LogP contribution in [-0.4, -0.2) is 11.5 Å². The monoisotopic (exact) mass is 117 g/mol. The Hall–Kier alpha value is 0.350. The number of rotatable bonds is 4. The van der Waals surface area contributed by atoms with Crippen molar-refractivity contribution in [1.82, 2.24) is 0 Å². The Morgan fingerprint density at radius 1 is 1.57 bits per heavy atom. The van der Waals surface area contributed by atoms with Crippen molar-refractivity contribution in [2.75, 3.05) is 11.5 Å². The van der Waals surface area contributed by atoms with Crippen LogP contribution >= 0.6 is 11.8 Å². The van der Waals surface area contributed by atoms with Gasteiger partial charge in [0, 0.05) is 0 Å². The molecular formula is C6H13S. The maximum atomic E-state index is 3.74. The van der Waals surface area contributed by atoms with Crippen molar-refractivity contribution in [3.05, 3.63) is 6.92 Å². The van der Waals surface area contributed by atoms with Crippen LogP contribution < -0.4 is 0 Å². The van der Waals surface area contributed by atoms with Crippen molar-refractivity contribution in [3.8, 4) is 0 Å². The molecule has 0 bridgehead atoms. The number of unbranched alkanes of at least 4 members (excludes halogenated alkanes) is 1. The topological polar surface area (TPSA) is 0 Å². The van der Waals surface area contributed by atoms with Gasteiger partial charge < -0.3 is 0 Å². The Labute approximate surface area is 50.7 Å². The van der Waals surface area contributed by atoms with Crippen LogP contribution in [0.1, 0.15) is 19.8 Å². The van der Waals surface area contributed by atoms with Crippen LogP contribution in [0.2, 0.25) is 0 Å². The van der Waals surface area contributed by atoms with Gasteiger partial charge in [-0.25, -0.2) is 0 Å². The second-order valence-corrected chi connectivity index (χ2v) is 2.80. The summed E-state index contributed by atoms with van der Waals surface area (Å²) < 4.78 is 0. The molecule has 0 aliphatic carbocycles. The lowest BCUT2D eigenvalue weighted by atomic mass is 10.4. The fourth-order valence-electron chi connectivity index (χ4n) is 0.348. The van der Waals surface area contributed by atoms with E-state index in [1.807, 2.05) is 11.8 Å². The minimum absolute atomic E-state index is 1.09. The van der Waals surface area contributed by atoms with E-state index in [2.05, 4.69) is 13.8 Å². The molecule has 1 radical (unpaired) electrons. The van der Waals surface area contributed by atoms with Gasteiger partial charge in [-0.05, 0) is 17.9 Å². The zero-order valence-corrected chi connectivity index (χ0v) is 5.76. The van der Waals surface area contributed by atoms with E-state index in [1.165, 1.54) is 17.9 Å². The van der Waals surface area contributed by atoms with E-state index in [4.69, 9.17) is 0 Å². The molecule has 0 amide bonds. The molecule has 0 aromatic rings. The van der Waals surface area contributed by atoms with E-state index in [1.54, 1.807) is 0 Å². The lowest BCUT2D eigenvalue weighted by Gasteiger charge is -1.91. The number of hydrogen-bond donors (Lipinski definition) is 0. The molecule has 0 aliphatic rings. The molecule has 0 rings (SSSR count). The summed E-state index contributed by atoms with van der Waals surface area (Å²) in [7, 11) is 0. The molecule has 0 atom stereocenters. The molecule has 0 fully saturated rings. The Bertz CT molecular complexity index is 23.4. The fraction of sp³-hybridized carbons (Fsp3) is 0.833. The Kier molecular flexibility index (Phi) is 6.67. The highest BCUT2D eigenvalue weighted by atomic mass is 32.2. The van der Waals surface area contributed by atoms with E-state index < -0.39 is 0 Å². The van der Waals surface area contributed by atoms with Gasteiger partial charge in [0.15, 0.2) is 0 Å². The van der Waals surface area contributed by atoms with Crippen molar-refractivity contribution < 1.29 is 0 Å². The van der Waals surface area contributed by atoms with Crippen LogP contribution in [0, 0.1) is 6.92 Å². The summed E-state index contributed by atoms with van der Waals surface area (Å²) in [6.07, 6.45) is 2.37. The summed E-state index contributed by atoms with van der Waals surface area (Å²) in [5, 5.41) is 0. The van der Waals surface area contributed by atoms with Gasteiger partial charge in [0.1, 0.15) is 0 Å². The molecule has 0 spiro atoms. The average Bonchev–Trinajstić information content (AvgIpc) is 1.69. The van der Waals surface area contributed by atoms with Crippen LogP contribution in [0.5, 0.6) is 0 Å². The van der Waals surface area contributed by atoms with Crippen molar-refractivity contribution in [2.45, 2.75) is 19.8 Å². The Morgan fingerprint density at radius 2 is 2.29 bits per heavy atom. The lowest BCUT2D eigenvalue weighted by molar-refractivity contribution is 0.969. The predicted octanol–water partition coefficient (Wildman–Crippen LogP) is 2.35. The van der Waals surface area contributed by atoms with Crippen molar-refractivity contribution in [1.29, 1.82) is 0 Å². The molecule has 0 heterocycles. The summed E-state index contributed by atoms with van der Waals surface area (Å²) in [6.45, 7) is 5.93. The standard InChI is InChI=1S/C6H13S/c1-3-5-6-7-4-2/h1,3-6H2,2H3. The summed E-state index contributed by atoms with van der Waals surface area (Å²) in [6, 6.07) is 0. The zero-order valence-electron chi connectivity index (χ0n) is 4.94. The molecule has 0 aromatic heterocycles. The van der Waals surface area contributed by atoms with Gasteiger partial charge >= 0.3 is 0 Å². The molecule has 0 aliphatic heterocycles. The van der Waals surface area contributed by atoms with E-state index in [0.29, 0.717) is 0 Å². The molecule has 7 heavy (non-hydrogen) atoms. The maximum Gasteiger partial charge on any atom is -0.00676 e. The van der Waals surface area contributed by atoms with Crippen molar-refractivity contribution >= 4 is 11.8 Å². The quantitative estimate of drug-likeness (QED) is 0.509. The lowest BCUT2D eigenvalue weighted by Crippen LogP contribution is -1.76. The van der Waals surface area contributed by atoms with Gasteiger partial charge in [-0.3, -0.25) is 0 Å². The fourth-order valence-corrected chi connectivity index (χ4v) is 1.05. The van der Waals surface area contributed by atoms with Crippen LogP contribution in [0.25, 0.3) is 0 Å². The normalized spacial score (nSPS) is 9.43. The smallest absolute Gasteiger partial charge is 0.00676 e. The Morgan fingerprint density at radius 3 is 2.71 bits per heavy atom. The molecule has 1 heteroatoms. The molecule has 0 aromatic carbocycles. The first kappa shape index (κ1) is 7.35. The van der Waals surface area contributed by atoms with Crippen LogP contribution in [0.15, 0.2) is 0 Å². The van der Waals surface area contributed by atoms with Crippen molar-refractivity contribution in [3.63, 3.8) is 0 Å². The second kappa shape index (κ2) is 6.35. The van der Waals surface area contributed by atoms with Gasteiger partial charge in [-0.2, -0.15) is 11.8 Å². The van der Waals surface area contributed by atoms with E-state index in [-0.39, 0.29) is 0 Å². The molecule has 0 unspecified atom stereocenters.